The first-order valence-corrected chi connectivity index (χ1v) is 7.92. The predicted octanol–water partition coefficient (Wildman–Crippen LogP) is 3.94. The average Bonchev–Trinajstić information content (AvgIpc) is 3.13. The Balaban J connectivity index is 1.51. The Morgan fingerprint density at radius 1 is 1.12 bits per heavy atom. The lowest BCUT2D eigenvalue weighted by Gasteiger charge is -2.25. The van der Waals surface area contributed by atoms with Gasteiger partial charge >= 0.3 is 0 Å². The summed E-state index contributed by atoms with van der Waals surface area (Å²) in [6.45, 7) is 1.52. The van der Waals surface area contributed by atoms with E-state index in [1.807, 2.05) is 29.8 Å². The number of anilines is 1. The molecule has 24 heavy (non-hydrogen) atoms. The highest BCUT2D eigenvalue weighted by atomic mass is 19.1. The van der Waals surface area contributed by atoms with Crippen LogP contribution in [0, 0.1) is 5.82 Å². The monoisotopic (exact) mass is 320 g/mol. The van der Waals surface area contributed by atoms with Crippen molar-refractivity contribution in [3.63, 3.8) is 0 Å². The van der Waals surface area contributed by atoms with E-state index >= 15 is 0 Å². The molecule has 0 unspecified atom stereocenters. The van der Waals surface area contributed by atoms with E-state index in [1.165, 1.54) is 11.6 Å². The molecule has 3 aromatic rings. The van der Waals surface area contributed by atoms with Crippen LogP contribution in [0.4, 0.5) is 15.8 Å². The van der Waals surface area contributed by atoms with E-state index < -0.39 is 0 Å². The van der Waals surface area contributed by atoms with E-state index in [9.17, 15) is 4.39 Å². The van der Waals surface area contributed by atoms with Crippen molar-refractivity contribution in [2.45, 2.75) is 19.5 Å². The molecule has 0 aliphatic carbocycles. The van der Waals surface area contributed by atoms with Gasteiger partial charge < -0.3 is 9.47 Å². The highest BCUT2D eigenvalue weighted by molar-refractivity contribution is 5.84. The number of halogens is 1. The summed E-state index contributed by atoms with van der Waals surface area (Å²) in [5.41, 5.74) is 4.06. The molecule has 0 radical (unpaired) electrons. The smallest absolute Gasteiger partial charge is 0.123 e. The van der Waals surface area contributed by atoms with Crippen molar-refractivity contribution in [1.82, 2.24) is 9.55 Å². The molecule has 120 valence electrons. The molecule has 5 heteroatoms. The standard InChI is InChI=1S/C19H17FN4/c20-17-4-5-19-16(11-17)12-24(14-22-19)18-3-1-2-15(10-18)6-8-23-9-7-21-13-23/h1-5,7,9-11,13-14H,6,8,12H2. The maximum Gasteiger partial charge on any atom is 0.123 e. The first-order chi connectivity index (χ1) is 11.8. The van der Waals surface area contributed by atoms with Crippen molar-refractivity contribution in [1.29, 1.82) is 0 Å². The first-order valence-electron chi connectivity index (χ1n) is 7.92. The van der Waals surface area contributed by atoms with E-state index in [4.69, 9.17) is 0 Å². The van der Waals surface area contributed by atoms with Gasteiger partial charge in [0, 0.05) is 30.2 Å². The van der Waals surface area contributed by atoms with Gasteiger partial charge in [0.1, 0.15) is 5.82 Å². The van der Waals surface area contributed by atoms with Crippen LogP contribution in [0.2, 0.25) is 0 Å². The summed E-state index contributed by atoms with van der Waals surface area (Å²) in [7, 11) is 0. The van der Waals surface area contributed by atoms with Crippen LogP contribution >= 0.6 is 0 Å². The zero-order valence-electron chi connectivity index (χ0n) is 13.1. The molecule has 0 saturated carbocycles. The topological polar surface area (TPSA) is 33.4 Å². The van der Waals surface area contributed by atoms with Gasteiger partial charge in [0.25, 0.3) is 0 Å². The Labute approximate surface area is 139 Å². The van der Waals surface area contributed by atoms with Crippen LogP contribution in [-0.2, 0) is 19.5 Å². The lowest BCUT2D eigenvalue weighted by atomic mass is 10.1. The lowest BCUT2D eigenvalue weighted by molar-refractivity contribution is 0.625. The molecule has 0 spiro atoms. The normalized spacial score (nSPS) is 13.1. The van der Waals surface area contributed by atoms with Crippen molar-refractivity contribution in [2.24, 2.45) is 4.99 Å². The summed E-state index contributed by atoms with van der Waals surface area (Å²) in [4.78, 5) is 10.5. The Morgan fingerprint density at radius 2 is 2.08 bits per heavy atom. The molecule has 0 amide bonds. The van der Waals surface area contributed by atoms with Crippen LogP contribution in [0.25, 0.3) is 0 Å². The van der Waals surface area contributed by atoms with E-state index in [0.717, 1.165) is 29.9 Å². The van der Waals surface area contributed by atoms with Crippen LogP contribution in [-0.4, -0.2) is 15.9 Å². The maximum absolute atomic E-state index is 13.4. The predicted molar refractivity (Wildman–Crippen MR) is 93.1 cm³/mol. The number of rotatable bonds is 4. The zero-order chi connectivity index (χ0) is 16.4. The van der Waals surface area contributed by atoms with Crippen LogP contribution in [0.3, 0.4) is 0 Å². The van der Waals surface area contributed by atoms with Gasteiger partial charge in [-0.15, -0.1) is 0 Å². The Morgan fingerprint density at radius 3 is 2.96 bits per heavy atom. The highest BCUT2D eigenvalue weighted by Crippen LogP contribution is 2.28. The third-order valence-corrected chi connectivity index (χ3v) is 4.18. The lowest BCUT2D eigenvalue weighted by Crippen LogP contribution is -2.23. The number of hydrogen-bond donors (Lipinski definition) is 0. The number of fused-ring (bicyclic) bond motifs is 1. The van der Waals surface area contributed by atoms with E-state index in [2.05, 4.69) is 32.7 Å². The second kappa shape index (κ2) is 6.28. The quantitative estimate of drug-likeness (QED) is 0.729. The molecule has 0 atom stereocenters. The molecular formula is C19H17FN4. The minimum absolute atomic E-state index is 0.222. The Kier molecular flexibility index (Phi) is 3.83. The largest absolute Gasteiger partial charge is 0.337 e. The molecule has 4 rings (SSSR count). The highest BCUT2D eigenvalue weighted by Gasteiger charge is 2.14. The van der Waals surface area contributed by atoms with Gasteiger partial charge in [-0.05, 0) is 42.3 Å². The third kappa shape index (κ3) is 3.06. The van der Waals surface area contributed by atoms with Gasteiger partial charge in [-0.3, -0.25) is 0 Å². The molecule has 0 bridgehead atoms. The second-order valence-corrected chi connectivity index (χ2v) is 5.87. The van der Waals surface area contributed by atoms with Crippen molar-refractivity contribution < 1.29 is 4.39 Å². The van der Waals surface area contributed by atoms with E-state index in [0.29, 0.717) is 6.54 Å². The summed E-state index contributed by atoms with van der Waals surface area (Å²) < 4.78 is 15.5. The van der Waals surface area contributed by atoms with Gasteiger partial charge in [-0.25, -0.2) is 14.4 Å². The number of aryl methyl sites for hydroxylation is 2. The fourth-order valence-electron chi connectivity index (χ4n) is 2.89. The molecule has 1 aromatic heterocycles. The summed E-state index contributed by atoms with van der Waals surface area (Å²) >= 11 is 0. The number of aromatic nitrogens is 2. The van der Waals surface area contributed by atoms with Gasteiger partial charge in [0.15, 0.2) is 0 Å². The molecule has 0 saturated heterocycles. The average molecular weight is 320 g/mol. The number of aliphatic imine (C=N–C) groups is 1. The van der Waals surface area contributed by atoms with Crippen molar-refractivity contribution in [2.75, 3.05) is 4.90 Å². The van der Waals surface area contributed by atoms with Crippen molar-refractivity contribution in [3.05, 3.63) is 78.1 Å². The van der Waals surface area contributed by atoms with Crippen LogP contribution in [0.15, 0.2) is 66.2 Å². The molecule has 0 N–H and O–H groups in total. The number of benzene rings is 2. The molecule has 1 aliphatic rings. The number of hydrogen-bond acceptors (Lipinski definition) is 3. The van der Waals surface area contributed by atoms with Crippen LogP contribution in [0.5, 0.6) is 0 Å². The zero-order valence-corrected chi connectivity index (χ0v) is 13.1. The molecule has 2 heterocycles. The minimum Gasteiger partial charge on any atom is -0.337 e. The third-order valence-electron chi connectivity index (χ3n) is 4.18. The summed E-state index contributed by atoms with van der Waals surface area (Å²) in [6, 6.07) is 13.1. The molecule has 1 aliphatic heterocycles. The van der Waals surface area contributed by atoms with Gasteiger partial charge in [0.2, 0.25) is 0 Å². The minimum atomic E-state index is -0.222. The molecule has 2 aromatic carbocycles. The van der Waals surface area contributed by atoms with Crippen LogP contribution in [0.1, 0.15) is 11.1 Å². The summed E-state index contributed by atoms with van der Waals surface area (Å²) in [5, 5.41) is 0. The summed E-state index contributed by atoms with van der Waals surface area (Å²) in [6.07, 6.45) is 8.33. The second-order valence-electron chi connectivity index (χ2n) is 5.87. The van der Waals surface area contributed by atoms with Crippen LogP contribution < -0.4 is 4.90 Å². The fraction of sp³-hybridized carbons (Fsp3) is 0.158. The van der Waals surface area contributed by atoms with Gasteiger partial charge in [0.05, 0.1) is 24.9 Å². The number of imidazole rings is 1. The molecule has 0 fully saturated rings. The van der Waals surface area contributed by atoms with Gasteiger partial charge in [-0.1, -0.05) is 12.1 Å². The molecular weight excluding hydrogens is 303 g/mol. The SMILES string of the molecule is Fc1ccc2c(c1)CN(c1cccc(CCn3ccnc3)c1)C=N2. The van der Waals surface area contributed by atoms with Crippen molar-refractivity contribution >= 4 is 17.7 Å². The van der Waals surface area contributed by atoms with Gasteiger partial charge in [-0.2, -0.15) is 0 Å². The fourth-order valence-corrected chi connectivity index (χ4v) is 2.89. The Hall–Kier alpha value is -2.95. The molecule has 4 nitrogen and oxygen atoms in total. The number of nitrogens with zero attached hydrogens (tertiary/aromatic N) is 4. The Bertz CT molecular complexity index is 871. The summed E-state index contributed by atoms with van der Waals surface area (Å²) in [5.74, 6) is -0.222. The van der Waals surface area contributed by atoms with Crippen molar-refractivity contribution in [3.8, 4) is 0 Å². The first kappa shape index (κ1) is 14.6. The van der Waals surface area contributed by atoms with E-state index in [-0.39, 0.29) is 5.82 Å². The van der Waals surface area contributed by atoms with E-state index in [1.54, 1.807) is 18.3 Å². The maximum atomic E-state index is 13.4.